The van der Waals surface area contributed by atoms with Gasteiger partial charge in [-0.25, -0.2) is 4.39 Å². The minimum atomic E-state index is -1.77. The molecule has 5 heteroatoms. The third-order valence-corrected chi connectivity index (χ3v) is 1.59. The smallest absolute Gasteiger partial charge is 0.492 e. The Morgan fingerprint density at radius 3 is 2.42 bits per heavy atom. The molecule has 3 nitrogen and oxygen atoms in total. The second-order valence-corrected chi connectivity index (χ2v) is 2.53. The Balaban J connectivity index is 3.23. The summed E-state index contributed by atoms with van der Waals surface area (Å²) in [5.41, 5.74) is 0.171. The number of halogens is 1. The number of hydrogen-bond acceptors (Lipinski definition) is 3. The molecule has 0 atom stereocenters. The van der Waals surface area contributed by atoms with Crippen LogP contribution >= 0.6 is 0 Å². The van der Waals surface area contributed by atoms with Crippen molar-refractivity contribution in [2.24, 2.45) is 0 Å². The molecule has 0 bridgehead atoms. The fraction of sp³-hybridized carbons (Fsp3) is 0.143. The maximum Gasteiger partial charge on any atom is 0.492 e. The molecule has 12 heavy (non-hydrogen) atoms. The first-order valence-electron chi connectivity index (χ1n) is 3.37. The number of phenols is 1. The lowest BCUT2D eigenvalue weighted by atomic mass is 9.79. The van der Waals surface area contributed by atoms with Crippen LogP contribution < -0.4 is 5.46 Å². The van der Waals surface area contributed by atoms with Gasteiger partial charge < -0.3 is 15.2 Å². The van der Waals surface area contributed by atoms with Crippen LogP contribution in [-0.4, -0.2) is 22.3 Å². The predicted octanol–water partition coefficient (Wildman–Crippen LogP) is -0.480. The molecule has 0 unspecified atom stereocenters. The Morgan fingerprint density at radius 2 is 1.92 bits per heavy atom. The van der Waals surface area contributed by atoms with Crippen molar-refractivity contribution < 1.29 is 19.5 Å². The van der Waals surface area contributed by atoms with E-state index in [4.69, 9.17) is 15.2 Å². The number of aromatic hydroxyl groups is 1. The minimum absolute atomic E-state index is 0.0890. The highest BCUT2D eigenvalue weighted by molar-refractivity contribution is 6.59. The summed E-state index contributed by atoms with van der Waals surface area (Å²) in [5.74, 6) is -1.02. The molecule has 1 rings (SSSR count). The molecule has 0 saturated heterocycles. The zero-order chi connectivity index (χ0) is 9.30. The summed E-state index contributed by atoms with van der Waals surface area (Å²) >= 11 is 0. The van der Waals surface area contributed by atoms with E-state index in [2.05, 4.69) is 0 Å². The molecule has 3 N–H and O–H groups in total. The summed E-state index contributed by atoms with van der Waals surface area (Å²) in [6, 6.07) is 2.04. The Kier molecular flexibility index (Phi) is 2.35. The Morgan fingerprint density at radius 1 is 1.33 bits per heavy atom. The van der Waals surface area contributed by atoms with Gasteiger partial charge in [-0.2, -0.15) is 0 Å². The molecule has 1 aromatic carbocycles. The van der Waals surface area contributed by atoms with E-state index in [0.29, 0.717) is 0 Å². The van der Waals surface area contributed by atoms with Gasteiger partial charge in [0.2, 0.25) is 0 Å². The first-order valence-corrected chi connectivity index (χ1v) is 3.37. The Bertz CT molecular complexity index is 301. The quantitative estimate of drug-likeness (QED) is 0.498. The van der Waals surface area contributed by atoms with Crippen LogP contribution in [0.1, 0.15) is 5.56 Å². The standard InChI is InChI=1S/C7H8BFO3/c1-4-2-5(8(11)12)7(10)3-6(4)9/h2-3,10-12H,1H3. The monoisotopic (exact) mass is 170 g/mol. The third kappa shape index (κ3) is 1.57. The van der Waals surface area contributed by atoms with E-state index in [-0.39, 0.29) is 11.0 Å². The van der Waals surface area contributed by atoms with Crippen molar-refractivity contribution in [2.45, 2.75) is 6.92 Å². The van der Waals surface area contributed by atoms with Gasteiger partial charge in [-0.05, 0) is 12.5 Å². The summed E-state index contributed by atoms with van der Waals surface area (Å²) in [4.78, 5) is 0. The summed E-state index contributed by atoms with van der Waals surface area (Å²) in [5, 5.41) is 26.4. The number of rotatable bonds is 1. The number of aryl methyl sites for hydroxylation is 1. The van der Waals surface area contributed by atoms with Gasteiger partial charge in [0.05, 0.1) is 0 Å². The second kappa shape index (κ2) is 3.12. The van der Waals surface area contributed by atoms with Gasteiger partial charge in [0.25, 0.3) is 0 Å². The molecule has 0 fully saturated rings. The van der Waals surface area contributed by atoms with E-state index >= 15 is 0 Å². The normalized spacial score (nSPS) is 10.0. The first kappa shape index (κ1) is 9.03. The zero-order valence-electron chi connectivity index (χ0n) is 6.45. The van der Waals surface area contributed by atoms with E-state index in [9.17, 15) is 4.39 Å². The van der Waals surface area contributed by atoms with Gasteiger partial charge in [0, 0.05) is 11.5 Å². The van der Waals surface area contributed by atoms with Crippen molar-refractivity contribution in [3.63, 3.8) is 0 Å². The average molecular weight is 170 g/mol. The molecular formula is C7H8BFO3. The van der Waals surface area contributed by atoms with E-state index in [0.717, 1.165) is 6.07 Å². The molecule has 0 saturated carbocycles. The molecule has 0 aliphatic rings. The largest absolute Gasteiger partial charge is 0.508 e. The predicted molar refractivity (Wildman–Crippen MR) is 42.6 cm³/mol. The van der Waals surface area contributed by atoms with Crippen molar-refractivity contribution in [2.75, 3.05) is 0 Å². The van der Waals surface area contributed by atoms with Crippen LogP contribution in [-0.2, 0) is 0 Å². The topological polar surface area (TPSA) is 60.7 Å². The third-order valence-electron chi connectivity index (χ3n) is 1.59. The first-order chi connectivity index (χ1) is 5.52. The maximum atomic E-state index is 12.7. The van der Waals surface area contributed by atoms with Gasteiger partial charge in [-0.3, -0.25) is 0 Å². The van der Waals surface area contributed by atoms with E-state index < -0.39 is 18.7 Å². The maximum absolute atomic E-state index is 12.7. The molecule has 0 aliphatic carbocycles. The van der Waals surface area contributed by atoms with Crippen molar-refractivity contribution in [3.8, 4) is 5.75 Å². The minimum Gasteiger partial charge on any atom is -0.508 e. The average Bonchev–Trinajstić information content (AvgIpc) is 1.96. The van der Waals surface area contributed by atoms with Crippen LogP contribution in [0.4, 0.5) is 4.39 Å². The second-order valence-electron chi connectivity index (χ2n) is 2.53. The lowest BCUT2D eigenvalue weighted by molar-refractivity contribution is 0.418. The van der Waals surface area contributed by atoms with Crippen LogP contribution in [0.2, 0.25) is 0 Å². The summed E-state index contributed by atoms with van der Waals surface area (Å²) in [7, 11) is -1.77. The molecule has 0 heterocycles. The van der Waals surface area contributed by atoms with Crippen LogP contribution in [0.15, 0.2) is 12.1 Å². The Hall–Kier alpha value is -1.07. The van der Waals surface area contributed by atoms with E-state index in [1.807, 2.05) is 0 Å². The fourth-order valence-electron chi connectivity index (χ4n) is 0.900. The van der Waals surface area contributed by atoms with Crippen molar-refractivity contribution in [1.29, 1.82) is 0 Å². The van der Waals surface area contributed by atoms with Crippen LogP contribution in [0.25, 0.3) is 0 Å². The lowest BCUT2D eigenvalue weighted by Gasteiger charge is -2.04. The van der Waals surface area contributed by atoms with Gasteiger partial charge in [0.1, 0.15) is 11.6 Å². The fourth-order valence-corrected chi connectivity index (χ4v) is 0.900. The summed E-state index contributed by atoms with van der Waals surface area (Å²) < 4.78 is 12.7. The lowest BCUT2D eigenvalue weighted by Crippen LogP contribution is -2.30. The van der Waals surface area contributed by atoms with Crippen molar-refractivity contribution >= 4 is 12.6 Å². The van der Waals surface area contributed by atoms with Gasteiger partial charge in [-0.15, -0.1) is 0 Å². The Labute approximate surface area is 69.2 Å². The molecular weight excluding hydrogens is 162 g/mol. The highest BCUT2D eigenvalue weighted by Gasteiger charge is 2.17. The van der Waals surface area contributed by atoms with Crippen LogP contribution in [0, 0.1) is 12.7 Å². The molecule has 0 aliphatic heterocycles. The van der Waals surface area contributed by atoms with Crippen LogP contribution in [0.5, 0.6) is 5.75 Å². The molecule has 64 valence electrons. The summed E-state index contributed by atoms with van der Waals surface area (Å²) in [6.07, 6.45) is 0. The van der Waals surface area contributed by atoms with Gasteiger partial charge >= 0.3 is 7.12 Å². The number of benzene rings is 1. The van der Waals surface area contributed by atoms with E-state index in [1.54, 1.807) is 0 Å². The molecule has 0 amide bonds. The SMILES string of the molecule is Cc1cc(B(O)O)c(O)cc1F. The number of phenolic OH excluding ortho intramolecular Hbond substituents is 1. The van der Waals surface area contributed by atoms with Crippen molar-refractivity contribution in [1.82, 2.24) is 0 Å². The highest BCUT2D eigenvalue weighted by Crippen LogP contribution is 2.12. The molecule has 0 spiro atoms. The van der Waals surface area contributed by atoms with Gasteiger partial charge in [-0.1, -0.05) is 6.07 Å². The van der Waals surface area contributed by atoms with Gasteiger partial charge in [0.15, 0.2) is 0 Å². The van der Waals surface area contributed by atoms with Crippen LogP contribution in [0.3, 0.4) is 0 Å². The molecule has 1 aromatic rings. The number of hydrogen-bond donors (Lipinski definition) is 3. The molecule has 0 radical (unpaired) electrons. The zero-order valence-corrected chi connectivity index (χ0v) is 6.45. The summed E-state index contributed by atoms with van der Waals surface area (Å²) in [6.45, 7) is 1.47. The highest BCUT2D eigenvalue weighted by atomic mass is 19.1. The van der Waals surface area contributed by atoms with Crippen molar-refractivity contribution in [3.05, 3.63) is 23.5 Å². The van der Waals surface area contributed by atoms with E-state index in [1.165, 1.54) is 13.0 Å². The molecule has 0 aromatic heterocycles.